The van der Waals surface area contributed by atoms with Crippen LogP contribution in [0.4, 0.5) is 0 Å². The van der Waals surface area contributed by atoms with E-state index in [4.69, 9.17) is 4.74 Å². The highest BCUT2D eigenvalue weighted by molar-refractivity contribution is 6.00. The summed E-state index contributed by atoms with van der Waals surface area (Å²) < 4.78 is 5.08. The average molecular weight is 364 g/mol. The van der Waals surface area contributed by atoms with Crippen molar-refractivity contribution in [1.29, 1.82) is 0 Å². The number of hydrogen-bond donors (Lipinski definition) is 0. The molecule has 0 heterocycles. The first-order valence-corrected chi connectivity index (χ1v) is 9.35. The van der Waals surface area contributed by atoms with Gasteiger partial charge in [-0.3, -0.25) is 14.4 Å². The molecule has 2 aromatic rings. The molecule has 0 saturated carbocycles. The van der Waals surface area contributed by atoms with Crippen LogP contribution in [0, 0.1) is 13.8 Å². The number of esters is 1. The predicted octanol–water partition coefficient (Wildman–Crippen LogP) is 4.18. The Bertz CT molecular complexity index is 895. The lowest BCUT2D eigenvalue weighted by atomic mass is 9.99. The molecule has 0 saturated heterocycles. The Hall–Kier alpha value is -2.75. The van der Waals surface area contributed by atoms with Crippen LogP contribution in [0.3, 0.4) is 0 Å². The highest BCUT2D eigenvalue weighted by Crippen LogP contribution is 2.23. The number of carbonyl (C=O) groups is 3. The van der Waals surface area contributed by atoms with Gasteiger partial charge < -0.3 is 4.74 Å². The van der Waals surface area contributed by atoms with Gasteiger partial charge in [0, 0.05) is 17.5 Å². The van der Waals surface area contributed by atoms with E-state index in [9.17, 15) is 14.4 Å². The van der Waals surface area contributed by atoms with Gasteiger partial charge in [-0.25, -0.2) is 0 Å². The smallest absolute Gasteiger partial charge is 0.306 e. The summed E-state index contributed by atoms with van der Waals surface area (Å²) in [6.07, 6.45) is 3.24. The first-order chi connectivity index (χ1) is 12.9. The second-order valence-corrected chi connectivity index (χ2v) is 7.16. The molecule has 0 bridgehead atoms. The van der Waals surface area contributed by atoms with Crippen molar-refractivity contribution in [2.24, 2.45) is 0 Å². The van der Waals surface area contributed by atoms with Gasteiger partial charge >= 0.3 is 5.97 Å². The summed E-state index contributed by atoms with van der Waals surface area (Å²) in [5.41, 5.74) is 5.63. The second kappa shape index (κ2) is 8.30. The van der Waals surface area contributed by atoms with E-state index in [1.165, 1.54) is 11.1 Å². The molecule has 0 atom stereocenters. The Balaban J connectivity index is 1.49. The van der Waals surface area contributed by atoms with E-state index in [0.717, 1.165) is 30.4 Å². The van der Waals surface area contributed by atoms with Gasteiger partial charge in [0.05, 0.1) is 6.42 Å². The van der Waals surface area contributed by atoms with Crippen LogP contribution < -0.4 is 0 Å². The molecule has 0 aliphatic heterocycles. The molecule has 27 heavy (non-hydrogen) atoms. The Morgan fingerprint density at radius 3 is 2.48 bits per heavy atom. The van der Waals surface area contributed by atoms with E-state index in [0.29, 0.717) is 11.1 Å². The minimum atomic E-state index is -0.525. The number of fused-ring (bicyclic) bond motifs is 1. The Morgan fingerprint density at radius 2 is 1.67 bits per heavy atom. The Labute approximate surface area is 159 Å². The van der Waals surface area contributed by atoms with Gasteiger partial charge in [-0.2, -0.15) is 0 Å². The lowest BCUT2D eigenvalue weighted by Crippen LogP contribution is -2.15. The van der Waals surface area contributed by atoms with E-state index in [2.05, 4.69) is 0 Å². The molecule has 0 unspecified atom stereocenters. The maximum atomic E-state index is 12.3. The van der Waals surface area contributed by atoms with Crippen LogP contribution in [0.1, 0.15) is 62.2 Å². The van der Waals surface area contributed by atoms with Crippen molar-refractivity contribution in [2.45, 2.75) is 46.0 Å². The monoisotopic (exact) mass is 364 g/mol. The first kappa shape index (κ1) is 19.0. The molecule has 1 aliphatic rings. The molecule has 4 heteroatoms. The van der Waals surface area contributed by atoms with Crippen molar-refractivity contribution in [2.75, 3.05) is 6.61 Å². The largest absolute Gasteiger partial charge is 0.457 e. The third-order valence-corrected chi connectivity index (χ3v) is 5.03. The maximum Gasteiger partial charge on any atom is 0.306 e. The number of aryl methyl sites for hydroxylation is 4. The molecule has 2 aromatic carbocycles. The van der Waals surface area contributed by atoms with Crippen LogP contribution in [-0.4, -0.2) is 24.1 Å². The molecular weight excluding hydrogens is 340 g/mol. The summed E-state index contributed by atoms with van der Waals surface area (Å²) in [5.74, 6) is -0.819. The number of rotatable bonds is 7. The van der Waals surface area contributed by atoms with Gasteiger partial charge in [0.1, 0.15) is 0 Å². The molecule has 0 amide bonds. The van der Waals surface area contributed by atoms with Crippen molar-refractivity contribution in [3.05, 3.63) is 69.8 Å². The van der Waals surface area contributed by atoms with Crippen LogP contribution in [0.2, 0.25) is 0 Å². The van der Waals surface area contributed by atoms with E-state index in [1.807, 2.05) is 44.2 Å². The van der Waals surface area contributed by atoms with Gasteiger partial charge in [-0.1, -0.05) is 29.8 Å². The standard InChI is InChI=1S/C23H24O4/c1-15-6-7-16(2)20(12-15)21(24)10-11-23(26)27-14-22(25)19-9-8-17-4-3-5-18(17)13-19/h6-9,12-13H,3-5,10-11,14H2,1-2H3. The zero-order chi connectivity index (χ0) is 19.4. The van der Waals surface area contributed by atoms with Gasteiger partial charge in [0.15, 0.2) is 18.2 Å². The predicted molar refractivity (Wildman–Crippen MR) is 103 cm³/mol. The fourth-order valence-electron chi connectivity index (χ4n) is 3.43. The van der Waals surface area contributed by atoms with E-state index in [-0.39, 0.29) is 31.0 Å². The van der Waals surface area contributed by atoms with Gasteiger partial charge in [-0.05, 0) is 61.9 Å². The normalized spacial score (nSPS) is 12.5. The summed E-state index contributed by atoms with van der Waals surface area (Å²) in [7, 11) is 0. The van der Waals surface area contributed by atoms with Crippen molar-refractivity contribution in [3.8, 4) is 0 Å². The lowest BCUT2D eigenvalue weighted by molar-refractivity contribution is -0.142. The third kappa shape index (κ3) is 4.70. The van der Waals surface area contributed by atoms with Crippen LogP contribution in [0.25, 0.3) is 0 Å². The molecule has 0 aromatic heterocycles. The number of ketones is 2. The molecule has 0 fully saturated rings. The van der Waals surface area contributed by atoms with Gasteiger partial charge in [0.2, 0.25) is 0 Å². The summed E-state index contributed by atoms with van der Waals surface area (Å²) in [6.45, 7) is 3.52. The number of ether oxygens (including phenoxy) is 1. The number of carbonyl (C=O) groups excluding carboxylic acids is 3. The zero-order valence-electron chi connectivity index (χ0n) is 15.8. The van der Waals surface area contributed by atoms with Crippen molar-refractivity contribution in [3.63, 3.8) is 0 Å². The SMILES string of the molecule is Cc1ccc(C)c(C(=O)CCC(=O)OCC(=O)c2ccc3c(c2)CCC3)c1. The summed E-state index contributed by atoms with van der Waals surface area (Å²) in [5, 5.41) is 0. The number of Topliss-reactive ketones (excluding diaryl/α,β-unsaturated/α-hetero) is 2. The van der Waals surface area contributed by atoms with Crippen molar-refractivity contribution < 1.29 is 19.1 Å². The fourth-order valence-corrected chi connectivity index (χ4v) is 3.43. The van der Waals surface area contributed by atoms with Crippen molar-refractivity contribution in [1.82, 2.24) is 0 Å². The fraction of sp³-hybridized carbons (Fsp3) is 0.348. The highest BCUT2D eigenvalue weighted by Gasteiger charge is 2.16. The highest BCUT2D eigenvalue weighted by atomic mass is 16.5. The average Bonchev–Trinajstić information content (AvgIpc) is 3.13. The third-order valence-electron chi connectivity index (χ3n) is 5.03. The molecule has 1 aliphatic carbocycles. The molecule has 3 rings (SSSR count). The van der Waals surface area contributed by atoms with Crippen LogP contribution >= 0.6 is 0 Å². The summed E-state index contributed by atoms with van der Waals surface area (Å²) in [4.78, 5) is 36.5. The van der Waals surface area contributed by atoms with Crippen LogP contribution in [-0.2, 0) is 22.4 Å². The van der Waals surface area contributed by atoms with E-state index < -0.39 is 5.97 Å². The number of benzene rings is 2. The first-order valence-electron chi connectivity index (χ1n) is 9.35. The van der Waals surface area contributed by atoms with Gasteiger partial charge in [0.25, 0.3) is 0 Å². The summed E-state index contributed by atoms with van der Waals surface area (Å²) >= 11 is 0. The maximum absolute atomic E-state index is 12.3. The zero-order valence-corrected chi connectivity index (χ0v) is 15.8. The molecule has 140 valence electrons. The molecule has 0 N–H and O–H groups in total. The topological polar surface area (TPSA) is 60.4 Å². The molecule has 0 spiro atoms. The minimum absolute atomic E-state index is 0.0241. The molecule has 4 nitrogen and oxygen atoms in total. The van der Waals surface area contributed by atoms with Gasteiger partial charge in [-0.15, -0.1) is 0 Å². The van der Waals surface area contributed by atoms with Crippen molar-refractivity contribution >= 4 is 17.5 Å². The lowest BCUT2D eigenvalue weighted by Gasteiger charge is -2.07. The minimum Gasteiger partial charge on any atom is -0.457 e. The quantitative estimate of drug-likeness (QED) is 0.546. The number of hydrogen-bond acceptors (Lipinski definition) is 4. The van der Waals surface area contributed by atoms with Crippen LogP contribution in [0.15, 0.2) is 36.4 Å². The Morgan fingerprint density at radius 1 is 0.889 bits per heavy atom. The van der Waals surface area contributed by atoms with Crippen LogP contribution in [0.5, 0.6) is 0 Å². The second-order valence-electron chi connectivity index (χ2n) is 7.16. The molecular formula is C23H24O4. The Kier molecular flexibility index (Phi) is 5.84. The van der Waals surface area contributed by atoms with E-state index >= 15 is 0 Å². The van der Waals surface area contributed by atoms with E-state index in [1.54, 1.807) is 6.07 Å². The summed E-state index contributed by atoms with van der Waals surface area (Å²) in [6, 6.07) is 11.4. The molecule has 0 radical (unpaired) electrons.